The molecule has 0 spiro atoms. The maximum absolute atomic E-state index is 12.4. The lowest BCUT2D eigenvalue weighted by atomic mass is 9.77. The van der Waals surface area contributed by atoms with Crippen molar-refractivity contribution in [2.24, 2.45) is 5.92 Å². The summed E-state index contributed by atoms with van der Waals surface area (Å²) in [5.74, 6) is 0.277. The van der Waals surface area contributed by atoms with Gasteiger partial charge >= 0.3 is 0 Å². The van der Waals surface area contributed by atoms with Gasteiger partial charge < -0.3 is 5.32 Å². The Morgan fingerprint density at radius 3 is 1.86 bits per heavy atom. The van der Waals surface area contributed by atoms with Crippen LogP contribution in [0.5, 0.6) is 0 Å². The van der Waals surface area contributed by atoms with Crippen molar-refractivity contribution in [3.05, 3.63) is 69.7 Å². The van der Waals surface area contributed by atoms with Gasteiger partial charge in [-0.2, -0.15) is 0 Å². The van der Waals surface area contributed by atoms with Crippen LogP contribution >= 0.6 is 23.2 Å². The van der Waals surface area contributed by atoms with Crippen LogP contribution in [-0.2, 0) is 4.79 Å². The molecule has 1 fully saturated rings. The molecule has 22 heavy (non-hydrogen) atoms. The summed E-state index contributed by atoms with van der Waals surface area (Å²) in [6.07, 6.45) is 0.586. The van der Waals surface area contributed by atoms with Crippen LogP contribution in [0.2, 0.25) is 10.0 Å². The van der Waals surface area contributed by atoms with Gasteiger partial charge in [-0.3, -0.25) is 4.79 Å². The van der Waals surface area contributed by atoms with Crippen molar-refractivity contribution in [2.45, 2.75) is 12.3 Å². The highest BCUT2D eigenvalue weighted by Gasteiger charge is 2.32. The van der Waals surface area contributed by atoms with Crippen molar-refractivity contribution < 1.29 is 4.79 Å². The van der Waals surface area contributed by atoms with E-state index in [-0.39, 0.29) is 11.8 Å². The second kappa shape index (κ2) is 6.82. The molecular formula is C18H17Cl2NO. The minimum atomic E-state index is -0.0592. The van der Waals surface area contributed by atoms with Crippen molar-refractivity contribution in [2.75, 3.05) is 13.1 Å². The lowest BCUT2D eigenvalue weighted by Gasteiger charge is -2.30. The average molecular weight is 334 g/mol. The van der Waals surface area contributed by atoms with Crippen molar-refractivity contribution in [1.82, 2.24) is 5.32 Å². The smallest absolute Gasteiger partial charge is 0.139 e. The summed E-state index contributed by atoms with van der Waals surface area (Å²) in [6, 6.07) is 15.5. The highest BCUT2D eigenvalue weighted by molar-refractivity contribution is 6.30. The summed E-state index contributed by atoms with van der Waals surface area (Å²) in [6.45, 7) is 1.47. The van der Waals surface area contributed by atoms with Gasteiger partial charge in [0.05, 0.1) is 0 Å². The summed E-state index contributed by atoms with van der Waals surface area (Å²) in [4.78, 5) is 12.4. The lowest BCUT2D eigenvalue weighted by molar-refractivity contribution is -0.124. The van der Waals surface area contributed by atoms with Crippen LogP contribution in [0.4, 0.5) is 0 Å². The number of benzene rings is 2. The number of piperidine rings is 1. The molecule has 1 unspecified atom stereocenters. The maximum atomic E-state index is 12.4. The van der Waals surface area contributed by atoms with Crippen LogP contribution in [0.1, 0.15) is 23.5 Å². The van der Waals surface area contributed by atoms with Gasteiger partial charge in [0.1, 0.15) is 5.78 Å². The number of hydrogen-bond acceptors (Lipinski definition) is 2. The fourth-order valence-electron chi connectivity index (χ4n) is 3.07. The lowest BCUT2D eigenvalue weighted by Crippen LogP contribution is -2.40. The highest BCUT2D eigenvalue weighted by atomic mass is 35.5. The van der Waals surface area contributed by atoms with Gasteiger partial charge in [0.15, 0.2) is 0 Å². The quantitative estimate of drug-likeness (QED) is 0.907. The number of carbonyl (C=O) groups excluding carboxylic acids is 1. The largest absolute Gasteiger partial charge is 0.316 e. The van der Waals surface area contributed by atoms with Crippen molar-refractivity contribution in [1.29, 1.82) is 0 Å². The molecule has 1 saturated heterocycles. The number of hydrogen-bond donors (Lipinski definition) is 1. The molecule has 1 N–H and O–H groups in total. The molecular weight excluding hydrogens is 317 g/mol. The third-order valence-electron chi connectivity index (χ3n) is 4.19. The molecule has 114 valence electrons. The van der Waals surface area contributed by atoms with Crippen molar-refractivity contribution in [3.8, 4) is 0 Å². The molecule has 3 rings (SSSR count). The third kappa shape index (κ3) is 3.35. The van der Waals surface area contributed by atoms with E-state index >= 15 is 0 Å². The third-order valence-corrected chi connectivity index (χ3v) is 4.69. The van der Waals surface area contributed by atoms with E-state index in [1.807, 2.05) is 48.5 Å². The van der Waals surface area contributed by atoms with Crippen molar-refractivity contribution >= 4 is 29.0 Å². The fourth-order valence-corrected chi connectivity index (χ4v) is 3.32. The topological polar surface area (TPSA) is 29.1 Å². The minimum Gasteiger partial charge on any atom is -0.316 e. The Balaban J connectivity index is 2.02. The van der Waals surface area contributed by atoms with Crippen LogP contribution in [0, 0.1) is 5.92 Å². The number of nitrogens with one attached hydrogen (secondary N) is 1. The van der Waals surface area contributed by atoms with Gasteiger partial charge in [0, 0.05) is 41.4 Å². The number of carbonyl (C=O) groups is 1. The molecule has 1 atom stereocenters. The number of halogens is 2. The molecule has 0 radical (unpaired) electrons. The summed E-state index contributed by atoms with van der Waals surface area (Å²) in [5, 5.41) is 4.74. The Bertz CT molecular complexity index is 606. The van der Waals surface area contributed by atoms with E-state index in [9.17, 15) is 4.79 Å². The van der Waals surface area contributed by atoms with E-state index in [1.165, 1.54) is 0 Å². The van der Waals surface area contributed by atoms with Gasteiger partial charge in [0.2, 0.25) is 0 Å². The highest BCUT2D eigenvalue weighted by Crippen LogP contribution is 2.35. The van der Waals surface area contributed by atoms with E-state index in [0.29, 0.717) is 28.8 Å². The second-order valence-corrected chi connectivity index (χ2v) is 6.48. The first-order valence-electron chi connectivity index (χ1n) is 7.39. The van der Waals surface area contributed by atoms with E-state index < -0.39 is 0 Å². The SMILES string of the molecule is O=C1CCNCC1C(c1ccc(Cl)cc1)c1ccc(Cl)cc1. The summed E-state index contributed by atoms with van der Waals surface area (Å²) in [5.41, 5.74) is 2.21. The van der Waals surface area contributed by atoms with Crippen molar-refractivity contribution in [3.63, 3.8) is 0 Å². The van der Waals surface area contributed by atoms with E-state index in [4.69, 9.17) is 23.2 Å². The van der Waals surface area contributed by atoms with Gasteiger partial charge in [-0.05, 0) is 35.4 Å². The Labute approximate surface area is 140 Å². The molecule has 0 aliphatic carbocycles. The van der Waals surface area contributed by atoms with Crippen LogP contribution < -0.4 is 5.32 Å². The zero-order valence-electron chi connectivity index (χ0n) is 12.1. The van der Waals surface area contributed by atoms with E-state index in [2.05, 4.69) is 5.32 Å². The molecule has 1 aliphatic heterocycles. The summed E-state index contributed by atoms with van der Waals surface area (Å²) in [7, 11) is 0. The Morgan fingerprint density at radius 2 is 1.41 bits per heavy atom. The fraction of sp³-hybridized carbons (Fsp3) is 0.278. The standard InChI is InChI=1S/C18H17Cl2NO/c19-14-5-1-12(2-6-14)18(13-3-7-15(20)8-4-13)16-11-21-10-9-17(16)22/h1-8,16,18,21H,9-11H2. The zero-order chi connectivity index (χ0) is 15.5. The molecule has 1 aliphatic rings. The normalized spacial score (nSPS) is 18.7. The molecule has 0 bridgehead atoms. The second-order valence-electron chi connectivity index (χ2n) is 5.61. The molecule has 2 aromatic carbocycles. The Hall–Kier alpha value is -1.35. The number of ketones is 1. The van der Waals surface area contributed by atoms with Crippen LogP contribution in [-0.4, -0.2) is 18.9 Å². The molecule has 0 saturated carbocycles. The van der Waals surface area contributed by atoms with E-state index in [0.717, 1.165) is 17.7 Å². The van der Waals surface area contributed by atoms with E-state index in [1.54, 1.807) is 0 Å². The Morgan fingerprint density at radius 1 is 0.909 bits per heavy atom. The maximum Gasteiger partial charge on any atom is 0.139 e. The van der Waals surface area contributed by atoms with Gasteiger partial charge in [-0.15, -0.1) is 0 Å². The first-order valence-corrected chi connectivity index (χ1v) is 8.15. The van der Waals surface area contributed by atoms with Crippen LogP contribution in [0.15, 0.2) is 48.5 Å². The van der Waals surface area contributed by atoms with Crippen LogP contribution in [0.25, 0.3) is 0 Å². The summed E-state index contributed by atoms with van der Waals surface area (Å²) >= 11 is 12.0. The summed E-state index contributed by atoms with van der Waals surface area (Å²) < 4.78 is 0. The predicted molar refractivity (Wildman–Crippen MR) is 90.7 cm³/mol. The zero-order valence-corrected chi connectivity index (χ0v) is 13.6. The van der Waals surface area contributed by atoms with Gasteiger partial charge in [0.25, 0.3) is 0 Å². The predicted octanol–water partition coefficient (Wildman–Crippen LogP) is 4.30. The number of Topliss-reactive ketones (excluding diaryl/α,β-unsaturated/α-hetero) is 1. The molecule has 1 heterocycles. The average Bonchev–Trinajstić information content (AvgIpc) is 2.53. The molecule has 4 heteroatoms. The minimum absolute atomic E-state index is 0.0230. The molecule has 0 amide bonds. The molecule has 2 nitrogen and oxygen atoms in total. The first-order chi connectivity index (χ1) is 10.6. The van der Waals surface area contributed by atoms with Gasteiger partial charge in [-0.1, -0.05) is 47.5 Å². The Kier molecular flexibility index (Phi) is 4.82. The first kappa shape index (κ1) is 15.5. The monoisotopic (exact) mass is 333 g/mol. The van der Waals surface area contributed by atoms with Crippen LogP contribution in [0.3, 0.4) is 0 Å². The molecule has 0 aromatic heterocycles. The number of rotatable bonds is 3. The van der Waals surface area contributed by atoms with Gasteiger partial charge in [-0.25, -0.2) is 0 Å². The molecule has 2 aromatic rings.